The molecule has 0 saturated carbocycles. The van der Waals surface area contributed by atoms with Crippen LogP contribution in [0.5, 0.6) is 0 Å². The number of aromatic nitrogens is 3. The van der Waals surface area contributed by atoms with Crippen LogP contribution < -0.4 is 11.0 Å². The summed E-state index contributed by atoms with van der Waals surface area (Å²) in [4.78, 5) is 24.0. The molecule has 2 heterocycles. The zero-order chi connectivity index (χ0) is 17.6. The Hall–Kier alpha value is -2.60. The number of nitrogens with one attached hydrogen (secondary N) is 1. The zero-order valence-electron chi connectivity index (χ0n) is 13.7. The van der Waals surface area contributed by atoms with Crippen molar-refractivity contribution >= 4 is 23.2 Å². The highest BCUT2D eigenvalue weighted by Crippen LogP contribution is 2.12. The molecule has 0 unspecified atom stereocenters. The van der Waals surface area contributed by atoms with Gasteiger partial charge in [0.1, 0.15) is 0 Å². The summed E-state index contributed by atoms with van der Waals surface area (Å²) in [6, 6.07) is 12.9. The molecule has 0 aliphatic heterocycles. The van der Waals surface area contributed by atoms with Gasteiger partial charge in [0.2, 0.25) is 5.91 Å². The van der Waals surface area contributed by atoms with Crippen LogP contribution >= 0.6 is 11.6 Å². The Bertz CT molecular complexity index is 932. The van der Waals surface area contributed by atoms with E-state index in [0.717, 1.165) is 5.56 Å². The molecule has 0 bridgehead atoms. The molecule has 0 aliphatic rings. The summed E-state index contributed by atoms with van der Waals surface area (Å²) >= 11 is 5.93. The fourth-order valence-corrected chi connectivity index (χ4v) is 2.82. The SMILES string of the molecule is O=C(CCc1cccc(Cl)c1)NCCCn1nc2ccccn2c1=O. The number of carbonyl (C=O) groups is 1. The number of halogens is 1. The van der Waals surface area contributed by atoms with Gasteiger partial charge in [0.25, 0.3) is 0 Å². The molecule has 0 atom stereocenters. The maximum absolute atomic E-state index is 12.1. The lowest BCUT2D eigenvalue weighted by molar-refractivity contribution is -0.121. The van der Waals surface area contributed by atoms with E-state index in [1.807, 2.05) is 30.3 Å². The Morgan fingerprint density at radius 2 is 2.08 bits per heavy atom. The van der Waals surface area contributed by atoms with Crippen LogP contribution in [0.4, 0.5) is 0 Å². The van der Waals surface area contributed by atoms with Crippen LogP contribution in [-0.4, -0.2) is 26.6 Å². The molecule has 130 valence electrons. The second-order valence-corrected chi connectivity index (χ2v) is 6.20. The van der Waals surface area contributed by atoms with Crippen molar-refractivity contribution in [1.82, 2.24) is 19.5 Å². The van der Waals surface area contributed by atoms with Crippen LogP contribution in [0.25, 0.3) is 5.65 Å². The van der Waals surface area contributed by atoms with Crippen LogP contribution in [0, 0.1) is 0 Å². The minimum atomic E-state index is -0.164. The topological polar surface area (TPSA) is 68.4 Å². The highest BCUT2D eigenvalue weighted by atomic mass is 35.5. The minimum Gasteiger partial charge on any atom is -0.356 e. The molecule has 1 N–H and O–H groups in total. The van der Waals surface area contributed by atoms with Gasteiger partial charge in [0, 0.05) is 30.7 Å². The lowest BCUT2D eigenvalue weighted by atomic mass is 10.1. The molecule has 7 heteroatoms. The van der Waals surface area contributed by atoms with Crippen LogP contribution in [0.3, 0.4) is 0 Å². The Morgan fingerprint density at radius 3 is 2.88 bits per heavy atom. The van der Waals surface area contributed by atoms with E-state index in [4.69, 9.17) is 11.6 Å². The van der Waals surface area contributed by atoms with Crippen molar-refractivity contribution in [3.05, 3.63) is 69.7 Å². The first kappa shape index (κ1) is 17.2. The van der Waals surface area contributed by atoms with Gasteiger partial charge in [-0.2, -0.15) is 0 Å². The highest BCUT2D eigenvalue weighted by molar-refractivity contribution is 6.30. The Kier molecular flexibility index (Phi) is 5.50. The number of hydrogen-bond acceptors (Lipinski definition) is 3. The van der Waals surface area contributed by atoms with Crippen LogP contribution in [0.1, 0.15) is 18.4 Å². The van der Waals surface area contributed by atoms with Gasteiger partial charge in [0.05, 0.1) is 0 Å². The third-order valence-corrected chi connectivity index (χ3v) is 4.12. The summed E-state index contributed by atoms with van der Waals surface area (Å²) in [5, 5.41) is 7.80. The number of hydrogen-bond donors (Lipinski definition) is 1. The second kappa shape index (κ2) is 7.98. The predicted molar refractivity (Wildman–Crippen MR) is 96.9 cm³/mol. The van der Waals surface area contributed by atoms with Gasteiger partial charge in [0.15, 0.2) is 5.65 Å². The van der Waals surface area contributed by atoms with E-state index in [9.17, 15) is 9.59 Å². The molecule has 0 fully saturated rings. The molecule has 3 aromatic rings. The maximum Gasteiger partial charge on any atom is 0.350 e. The molecule has 1 aromatic carbocycles. The van der Waals surface area contributed by atoms with Gasteiger partial charge in [-0.1, -0.05) is 29.8 Å². The smallest absolute Gasteiger partial charge is 0.350 e. The van der Waals surface area contributed by atoms with E-state index in [-0.39, 0.29) is 11.6 Å². The summed E-state index contributed by atoms with van der Waals surface area (Å²) in [6.45, 7) is 0.976. The molecule has 0 aliphatic carbocycles. The number of pyridine rings is 1. The number of benzene rings is 1. The average molecular weight is 359 g/mol. The lowest BCUT2D eigenvalue weighted by Gasteiger charge is -2.05. The fourth-order valence-electron chi connectivity index (χ4n) is 2.61. The average Bonchev–Trinajstić information content (AvgIpc) is 2.93. The van der Waals surface area contributed by atoms with Crippen molar-refractivity contribution in [3.63, 3.8) is 0 Å². The van der Waals surface area contributed by atoms with Gasteiger partial charge in [-0.15, -0.1) is 5.10 Å². The Morgan fingerprint density at radius 1 is 1.20 bits per heavy atom. The van der Waals surface area contributed by atoms with Gasteiger partial charge >= 0.3 is 5.69 Å². The first-order chi connectivity index (χ1) is 12.1. The number of aryl methyl sites for hydroxylation is 2. The van der Waals surface area contributed by atoms with Gasteiger partial charge < -0.3 is 5.32 Å². The largest absolute Gasteiger partial charge is 0.356 e. The summed E-state index contributed by atoms with van der Waals surface area (Å²) in [5.74, 6) is -0.0117. The van der Waals surface area contributed by atoms with E-state index < -0.39 is 0 Å². The fraction of sp³-hybridized carbons (Fsp3) is 0.278. The summed E-state index contributed by atoms with van der Waals surface area (Å²) in [6.07, 6.45) is 3.40. The molecule has 2 aromatic heterocycles. The zero-order valence-corrected chi connectivity index (χ0v) is 14.4. The van der Waals surface area contributed by atoms with Crippen molar-refractivity contribution < 1.29 is 4.79 Å². The standard InChI is InChI=1S/C18H19ClN4O2/c19-15-6-3-5-14(13-15)8-9-17(24)20-10-4-12-23-18(25)22-11-2-1-7-16(22)21-23/h1-3,5-7,11,13H,4,8-10,12H2,(H,20,24). The normalized spacial score (nSPS) is 10.9. The molecule has 3 rings (SSSR count). The molecule has 0 radical (unpaired) electrons. The van der Waals surface area contributed by atoms with Crippen LogP contribution in [0.15, 0.2) is 53.5 Å². The van der Waals surface area contributed by atoms with Crippen molar-refractivity contribution in [2.75, 3.05) is 6.54 Å². The van der Waals surface area contributed by atoms with E-state index >= 15 is 0 Å². The van der Waals surface area contributed by atoms with Crippen molar-refractivity contribution in [1.29, 1.82) is 0 Å². The molecular formula is C18H19ClN4O2. The van der Waals surface area contributed by atoms with E-state index in [1.165, 1.54) is 9.08 Å². The number of amides is 1. The second-order valence-electron chi connectivity index (χ2n) is 5.77. The monoisotopic (exact) mass is 358 g/mol. The number of carbonyl (C=O) groups excluding carboxylic acids is 1. The summed E-state index contributed by atoms with van der Waals surface area (Å²) in [7, 11) is 0. The van der Waals surface area contributed by atoms with Crippen molar-refractivity contribution in [3.8, 4) is 0 Å². The summed E-state index contributed by atoms with van der Waals surface area (Å²) in [5.41, 5.74) is 1.50. The van der Waals surface area contributed by atoms with E-state index in [1.54, 1.807) is 18.3 Å². The predicted octanol–water partition coefficient (Wildman–Crippen LogP) is 2.29. The van der Waals surface area contributed by atoms with Gasteiger partial charge in [-0.3, -0.25) is 9.20 Å². The molecule has 0 spiro atoms. The lowest BCUT2D eigenvalue weighted by Crippen LogP contribution is -2.27. The van der Waals surface area contributed by atoms with Gasteiger partial charge in [-0.05, 0) is 42.7 Å². The number of nitrogens with zero attached hydrogens (tertiary/aromatic N) is 3. The van der Waals surface area contributed by atoms with E-state index in [0.29, 0.717) is 43.0 Å². The van der Waals surface area contributed by atoms with Gasteiger partial charge in [-0.25, -0.2) is 9.48 Å². The van der Waals surface area contributed by atoms with Crippen molar-refractivity contribution in [2.24, 2.45) is 0 Å². The third-order valence-electron chi connectivity index (χ3n) is 3.89. The minimum absolute atomic E-state index is 0.0117. The maximum atomic E-state index is 12.1. The first-order valence-electron chi connectivity index (χ1n) is 8.19. The first-order valence-corrected chi connectivity index (χ1v) is 8.56. The molecule has 6 nitrogen and oxygen atoms in total. The van der Waals surface area contributed by atoms with Crippen LogP contribution in [0.2, 0.25) is 5.02 Å². The third kappa shape index (κ3) is 4.48. The molecule has 25 heavy (non-hydrogen) atoms. The quantitative estimate of drug-likeness (QED) is 0.659. The number of rotatable bonds is 7. The van der Waals surface area contributed by atoms with Crippen LogP contribution in [-0.2, 0) is 17.8 Å². The van der Waals surface area contributed by atoms with Crippen molar-refractivity contribution in [2.45, 2.75) is 25.8 Å². The number of fused-ring (bicyclic) bond motifs is 1. The molecular weight excluding hydrogens is 340 g/mol. The summed E-state index contributed by atoms with van der Waals surface area (Å²) < 4.78 is 2.93. The Labute approximate surface area is 150 Å². The van der Waals surface area contributed by atoms with E-state index in [2.05, 4.69) is 10.4 Å². The highest BCUT2D eigenvalue weighted by Gasteiger charge is 2.06. The Balaban J connectivity index is 1.42. The molecule has 1 amide bonds. The molecule has 0 saturated heterocycles.